The molecule has 0 aliphatic rings. The number of carbonyl (C=O) groups excluding carboxylic acids is 1. The van der Waals surface area contributed by atoms with Gasteiger partial charge in [-0.1, -0.05) is 20.8 Å². The zero-order chi connectivity index (χ0) is 16.0. The summed E-state index contributed by atoms with van der Waals surface area (Å²) in [7, 11) is 1.78. The van der Waals surface area contributed by atoms with Gasteiger partial charge in [0.1, 0.15) is 0 Å². The van der Waals surface area contributed by atoms with Crippen LogP contribution in [0, 0.1) is 5.41 Å². The Morgan fingerprint density at radius 3 is 2.67 bits per heavy atom. The topological polar surface area (TPSA) is 79.2 Å². The van der Waals surface area contributed by atoms with Crippen LogP contribution in [0.2, 0.25) is 0 Å². The van der Waals surface area contributed by atoms with Crippen LogP contribution < -0.4 is 10.6 Å². The molecule has 21 heavy (non-hydrogen) atoms. The van der Waals surface area contributed by atoms with Crippen molar-refractivity contribution in [3.63, 3.8) is 0 Å². The second kappa shape index (κ2) is 7.45. The molecule has 6 heteroatoms. The molecule has 0 unspecified atom stereocenters. The van der Waals surface area contributed by atoms with Crippen molar-refractivity contribution in [3.8, 4) is 0 Å². The first-order valence-corrected chi connectivity index (χ1v) is 7.38. The third kappa shape index (κ3) is 7.13. The number of amides is 2. The van der Waals surface area contributed by atoms with Crippen molar-refractivity contribution in [1.29, 1.82) is 0 Å². The van der Waals surface area contributed by atoms with Gasteiger partial charge >= 0.3 is 6.03 Å². The number of urea groups is 1. The normalized spacial score (nSPS) is 14.6. The molecule has 1 aromatic rings. The Morgan fingerprint density at radius 1 is 1.48 bits per heavy atom. The molecule has 0 spiro atoms. The molecule has 0 saturated heterocycles. The second-order valence-corrected chi connectivity index (χ2v) is 6.82. The van der Waals surface area contributed by atoms with Gasteiger partial charge in [-0.15, -0.1) is 0 Å². The summed E-state index contributed by atoms with van der Waals surface area (Å²) in [6.07, 6.45) is 4.57. The minimum atomic E-state index is -0.741. The van der Waals surface area contributed by atoms with Crippen molar-refractivity contribution in [2.24, 2.45) is 12.5 Å². The summed E-state index contributed by atoms with van der Waals surface area (Å²) in [6.45, 7) is 8.71. The Labute approximate surface area is 126 Å². The van der Waals surface area contributed by atoms with Crippen LogP contribution in [0.3, 0.4) is 0 Å². The summed E-state index contributed by atoms with van der Waals surface area (Å²) in [4.78, 5) is 11.8. The predicted octanol–water partition coefficient (Wildman–Crippen LogP) is 1.97. The van der Waals surface area contributed by atoms with Crippen molar-refractivity contribution >= 4 is 6.03 Å². The Kier molecular flexibility index (Phi) is 6.20. The number of aryl methyl sites for hydroxylation is 1. The summed E-state index contributed by atoms with van der Waals surface area (Å²) < 4.78 is 1.62. The van der Waals surface area contributed by atoms with Gasteiger partial charge in [0.25, 0.3) is 0 Å². The van der Waals surface area contributed by atoms with E-state index in [1.165, 1.54) is 0 Å². The molecular formula is C15H28N4O2. The summed E-state index contributed by atoms with van der Waals surface area (Å²) >= 11 is 0. The Bertz CT molecular complexity index is 451. The summed E-state index contributed by atoms with van der Waals surface area (Å²) in [5.74, 6) is 0. The smallest absolute Gasteiger partial charge is 0.315 e. The lowest BCUT2D eigenvalue weighted by molar-refractivity contribution is 0.172. The van der Waals surface area contributed by atoms with E-state index in [0.717, 1.165) is 12.8 Å². The molecule has 0 aliphatic heterocycles. The summed E-state index contributed by atoms with van der Waals surface area (Å²) in [5.41, 5.74) is 0.960. The van der Waals surface area contributed by atoms with E-state index in [4.69, 9.17) is 0 Å². The van der Waals surface area contributed by atoms with Gasteiger partial charge in [-0.3, -0.25) is 4.68 Å². The molecule has 0 aromatic carbocycles. The van der Waals surface area contributed by atoms with Crippen LogP contribution in [0.5, 0.6) is 0 Å². The van der Waals surface area contributed by atoms with Gasteiger partial charge in [0.05, 0.1) is 12.3 Å². The van der Waals surface area contributed by atoms with Crippen molar-refractivity contribution in [1.82, 2.24) is 20.4 Å². The van der Waals surface area contributed by atoms with E-state index in [2.05, 4.69) is 36.5 Å². The number of aliphatic hydroxyl groups excluding tert-OH is 1. The number of nitrogens with one attached hydrogen (secondary N) is 2. The average Bonchev–Trinajstić information content (AvgIpc) is 2.79. The van der Waals surface area contributed by atoms with Crippen LogP contribution in [0.15, 0.2) is 12.4 Å². The van der Waals surface area contributed by atoms with Gasteiger partial charge in [-0.25, -0.2) is 4.79 Å². The van der Waals surface area contributed by atoms with Crippen LogP contribution in [-0.2, 0) is 7.05 Å². The van der Waals surface area contributed by atoms with E-state index in [1.807, 2.05) is 6.92 Å². The molecule has 0 radical (unpaired) electrons. The van der Waals surface area contributed by atoms with Gasteiger partial charge in [0.2, 0.25) is 0 Å². The van der Waals surface area contributed by atoms with E-state index in [9.17, 15) is 9.90 Å². The first-order chi connectivity index (χ1) is 9.67. The number of aromatic nitrogens is 2. The van der Waals surface area contributed by atoms with E-state index < -0.39 is 6.10 Å². The molecule has 1 heterocycles. The third-order valence-electron chi connectivity index (χ3n) is 3.27. The van der Waals surface area contributed by atoms with E-state index >= 15 is 0 Å². The Balaban J connectivity index is 2.27. The zero-order valence-electron chi connectivity index (χ0n) is 13.7. The number of hydrogen-bond acceptors (Lipinski definition) is 3. The van der Waals surface area contributed by atoms with Crippen molar-refractivity contribution in [3.05, 3.63) is 18.0 Å². The molecule has 0 saturated carbocycles. The first kappa shape index (κ1) is 17.5. The summed E-state index contributed by atoms with van der Waals surface area (Å²) in [6, 6.07) is -0.140. The lowest BCUT2D eigenvalue weighted by Gasteiger charge is -2.22. The average molecular weight is 296 g/mol. The minimum absolute atomic E-state index is 0.111. The van der Waals surface area contributed by atoms with Gasteiger partial charge < -0.3 is 15.7 Å². The lowest BCUT2D eigenvalue weighted by atomic mass is 9.89. The lowest BCUT2D eigenvalue weighted by Crippen LogP contribution is -2.42. The highest BCUT2D eigenvalue weighted by Gasteiger charge is 2.15. The van der Waals surface area contributed by atoms with E-state index in [0.29, 0.717) is 5.56 Å². The second-order valence-electron chi connectivity index (χ2n) is 6.82. The molecule has 0 aliphatic carbocycles. The molecule has 0 bridgehead atoms. The highest BCUT2D eigenvalue weighted by Crippen LogP contribution is 2.21. The predicted molar refractivity (Wildman–Crippen MR) is 82.9 cm³/mol. The van der Waals surface area contributed by atoms with Crippen LogP contribution >= 0.6 is 0 Å². The minimum Gasteiger partial charge on any atom is -0.386 e. The fourth-order valence-corrected chi connectivity index (χ4v) is 1.92. The van der Waals surface area contributed by atoms with Crippen LogP contribution in [0.25, 0.3) is 0 Å². The molecule has 2 amide bonds. The molecule has 2 atom stereocenters. The maximum atomic E-state index is 11.8. The van der Waals surface area contributed by atoms with Crippen molar-refractivity contribution < 1.29 is 9.90 Å². The van der Waals surface area contributed by atoms with Gasteiger partial charge in [-0.2, -0.15) is 5.10 Å². The van der Waals surface area contributed by atoms with E-state index in [-0.39, 0.29) is 24.0 Å². The molecule has 6 nitrogen and oxygen atoms in total. The number of hydrogen-bond donors (Lipinski definition) is 3. The van der Waals surface area contributed by atoms with Crippen molar-refractivity contribution in [2.75, 3.05) is 6.54 Å². The Hall–Kier alpha value is -1.56. The van der Waals surface area contributed by atoms with E-state index in [1.54, 1.807) is 24.1 Å². The van der Waals surface area contributed by atoms with Gasteiger partial charge in [0.15, 0.2) is 0 Å². The number of aliphatic hydroxyl groups is 1. The molecular weight excluding hydrogens is 268 g/mol. The third-order valence-corrected chi connectivity index (χ3v) is 3.27. The number of rotatable bonds is 6. The SMILES string of the molecule is C[C@@H](CCC(C)(C)C)NC(=O)NC[C@@H](O)c1cnn(C)c1. The summed E-state index contributed by atoms with van der Waals surface area (Å²) in [5, 5.41) is 19.5. The number of nitrogens with zero attached hydrogens (tertiary/aromatic N) is 2. The molecule has 120 valence electrons. The zero-order valence-corrected chi connectivity index (χ0v) is 13.7. The van der Waals surface area contributed by atoms with Gasteiger partial charge in [-0.05, 0) is 25.2 Å². The molecule has 3 N–H and O–H groups in total. The maximum absolute atomic E-state index is 11.8. The van der Waals surface area contributed by atoms with Crippen LogP contribution in [-0.4, -0.2) is 33.5 Å². The van der Waals surface area contributed by atoms with Crippen molar-refractivity contribution in [2.45, 2.75) is 52.7 Å². The molecule has 0 fully saturated rings. The van der Waals surface area contributed by atoms with Crippen LogP contribution in [0.4, 0.5) is 4.79 Å². The Morgan fingerprint density at radius 2 is 2.14 bits per heavy atom. The molecule has 1 rings (SSSR count). The highest BCUT2D eigenvalue weighted by atomic mass is 16.3. The largest absolute Gasteiger partial charge is 0.386 e. The monoisotopic (exact) mass is 296 g/mol. The fourth-order valence-electron chi connectivity index (χ4n) is 1.92. The van der Waals surface area contributed by atoms with Crippen LogP contribution in [0.1, 0.15) is 52.2 Å². The quantitative estimate of drug-likeness (QED) is 0.751. The first-order valence-electron chi connectivity index (χ1n) is 7.38. The molecule has 1 aromatic heterocycles. The highest BCUT2D eigenvalue weighted by molar-refractivity contribution is 5.74. The van der Waals surface area contributed by atoms with Gasteiger partial charge in [0, 0.05) is 31.4 Å². The number of carbonyl (C=O) groups is 1. The maximum Gasteiger partial charge on any atom is 0.315 e. The fraction of sp³-hybridized carbons (Fsp3) is 0.733. The standard InChI is InChI=1S/C15H28N4O2/c1-11(6-7-15(2,3)4)18-14(21)16-9-13(20)12-8-17-19(5)10-12/h8,10-11,13,20H,6-7,9H2,1-5H3,(H2,16,18,21)/t11-,13+/m0/s1.